The number of aromatic nitrogens is 2. The largest absolute Gasteiger partial charge is 0.343 e. The summed E-state index contributed by atoms with van der Waals surface area (Å²) in [6.45, 7) is 1.27. The van der Waals surface area contributed by atoms with Gasteiger partial charge in [-0.2, -0.15) is 0 Å². The molecule has 4 aromatic rings. The number of hydrogen-bond acceptors (Lipinski definition) is 4. The number of nitrogens with zero attached hydrogens (tertiary/aromatic N) is 2. The molecule has 0 radical (unpaired) electrons. The zero-order valence-corrected chi connectivity index (χ0v) is 19.1. The molecule has 1 saturated heterocycles. The van der Waals surface area contributed by atoms with E-state index < -0.39 is 0 Å². The van der Waals surface area contributed by atoms with E-state index in [1.54, 1.807) is 11.3 Å². The Labute approximate surface area is 196 Å². The molecule has 168 valence electrons. The quantitative estimate of drug-likeness (QED) is 0.422. The van der Waals surface area contributed by atoms with Crippen LogP contribution < -0.4 is 5.32 Å². The maximum atomic E-state index is 12.8. The molecule has 0 aliphatic carbocycles. The van der Waals surface area contributed by atoms with Gasteiger partial charge in [0.2, 0.25) is 11.8 Å². The molecule has 2 N–H and O–H groups in total. The van der Waals surface area contributed by atoms with Crippen LogP contribution in [0.15, 0.2) is 66.0 Å². The van der Waals surface area contributed by atoms with Crippen LogP contribution in [-0.2, 0) is 16.0 Å². The zero-order chi connectivity index (χ0) is 22.6. The van der Waals surface area contributed by atoms with Crippen molar-refractivity contribution in [2.75, 3.05) is 18.4 Å². The number of thiophene rings is 1. The molecular weight excluding hydrogens is 432 g/mol. The Bertz CT molecular complexity index is 1240. The van der Waals surface area contributed by atoms with Gasteiger partial charge in [0.15, 0.2) is 0 Å². The number of carbonyl (C=O) groups is 2. The van der Waals surface area contributed by atoms with Crippen molar-refractivity contribution in [3.05, 3.63) is 71.6 Å². The summed E-state index contributed by atoms with van der Waals surface area (Å²) >= 11 is 1.64. The van der Waals surface area contributed by atoms with E-state index in [0.29, 0.717) is 32.4 Å². The van der Waals surface area contributed by atoms with Crippen LogP contribution in [-0.4, -0.2) is 39.8 Å². The Morgan fingerprint density at radius 3 is 2.64 bits per heavy atom. The van der Waals surface area contributed by atoms with Crippen molar-refractivity contribution in [3.8, 4) is 10.7 Å². The molecule has 2 amide bonds. The van der Waals surface area contributed by atoms with E-state index in [0.717, 1.165) is 33.8 Å². The molecule has 5 rings (SSSR count). The normalized spacial score (nSPS) is 14.5. The van der Waals surface area contributed by atoms with Crippen molar-refractivity contribution < 1.29 is 9.59 Å². The molecule has 33 heavy (non-hydrogen) atoms. The van der Waals surface area contributed by atoms with Crippen molar-refractivity contribution >= 4 is 39.9 Å². The number of H-pyrrole nitrogens is 1. The van der Waals surface area contributed by atoms with Crippen LogP contribution in [0, 0.1) is 5.92 Å². The van der Waals surface area contributed by atoms with Crippen LogP contribution >= 0.6 is 11.3 Å². The van der Waals surface area contributed by atoms with Gasteiger partial charge in [-0.15, -0.1) is 11.3 Å². The minimum absolute atomic E-state index is 0.0173. The van der Waals surface area contributed by atoms with E-state index >= 15 is 0 Å². The number of imidazole rings is 1. The Morgan fingerprint density at radius 1 is 1.06 bits per heavy atom. The highest BCUT2D eigenvalue weighted by Gasteiger charge is 2.27. The molecule has 6 nitrogen and oxygen atoms in total. The van der Waals surface area contributed by atoms with Crippen molar-refractivity contribution in [1.82, 2.24) is 14.9 Å². The number of carbonyl (C=O) groups excluding carboxylic acids is 2. The maximum absolute atomic E-state index is 12.8. The number of aromatic amines is 1. The van der Waals surface area contributed by atoms with Gasteiger partial charge in [0.25, 0.3) is 0 Å². The minimum atomic E-state index is -0.0812. The number of fused-ring (bicyclic) bond motifs is 1. The maximum Gasteiger partial charge on any atom is 0.227 e. The fraction of sp³-hybridized carbons (Fsp3) is 0.269. The van der Waals surface area contributed by atoms with Crippen molar-refractivity contribution in [3.63, 3.8) is 0 Å². The molecule has 0 spiro atoms. The van der Waals surface area contributed by atoms with Gasteiger partial charge in [0.1, 0.15) is 5.82 Å². The van der Waals surface area contributed by atoms with Crippen molar-refractivity contribution in [1.29, 1.82) is 0 Å². The van der Waals surface area contributed by atoms with E-state index in [1.165, 1.54) is 5.56 Å². The molecule has 2 aromatic carbocycles. The third kappa shape index (κ3) is 4.98. The third-order valence-electron chi connectivity index (χ3n) is 6.19. The second-order valence-electron chi connectivity index (χ2n) is 8.42. The Hall–Kier alpha value is -3.45. The van der Waals surface area contributed by atoms with Crippen LogP contribution in [0.4, 0.5) is 5.69 Å². The van der Waals surface area contributed by atoms with E-state index in [4.69, 9.17) is 0 Å². The summed E-state index contributed by atoms with van der Waals surface area (Å²) in [6.07, 6.45) is 2.65. The number of benzene rings is 2. The Kier molecular flexibility index (Phi) is 6.21. The van der Waals surface area contributed by atoms with Crippen molar-refractivity contribution in [2.45, 2.75) is 25.7 Å². The van der Waals surface area contributed by atoms with Gasteiger partial charge in [-0.25, -0.2) is 4.98 Å². The summed E-state index contributed by atoms with van der Waals surface area (Å²) < 4.78 is 0. The minimum Gasteiger partial charge on any atom is -0.343 e. The number of hydrogen-bond donors (Lipinski definition) is 2. The lowest BCUT2D eigenvalue weighted by Crippen LogP contribution is -2.41. The number of amides is 2. The molecule has 1 aliphatic rings. The van der Waals surface area contributed by atoms with Gasteiger partial charge >= 0.3 is 0 Å². The average Bonchev–Trinajstić information content (AvgIpc) is 3.53. The van der Waals surface area contributed by atoms with Gasteiger partial charge in [-0.05, 0) is 54.5 Å². The molecule has 0 atom stereocenters. The molecule has 1 fully saturated rings. The third-order valence-corrected chi connectivity index (χ3v) is 7.07. The van der Waals surface area contributed by atoms with Crippen LogP contribution in [0.3, 0.4) is 0 Å². The number of nitrogens with one attached hydrogen (secondary N) is 2. The number of likely N-dealkylation sites (tertiary alicyclic amines) is 1. The van der Waals surface area contributed by atoms with E-state index in [2.05, 4.69) is 15.3 Å². The topological polar surface area (TPSA) is 78.1 Å². The van der Waals surface area contributed by atoms with Gasteiger partial charge in [-0.3, -0.25) is 9.59 Å². The smallest absolute Gasteiger partial charge is 0.227 e. The fourth-order valence-electron chi connectivity index (χ4n) is 4.31. The Morgan fingerprint density at radius 2 is 1.88 bits per heavy atom. The molecule has 3 heterocycles. The van der Waals surface area contributed by atoms with Gasteiger partial charge in [0, 0.05) is 31.1 Å². The van der Waals surface area contributed by atoms with Crippen molar-refractivity contribution in [2.24, 2.45) is 5.92 Å². The standard InChI is InChI=1S/C26H26N4O2S/c31-24(11-8-18-5-2-1-3-6-18)30-14-12-19(13-15-30)26(32)27-20-9-10-21-22(17-20)29-25(28-21)23-7-4-16-33-23/h1-7,9-10,16-17,19H,8,11-15H2,(H,27,32)(H,28,29). The first-order chi connectivity index (χ1) is 16.2. The summed E-state index contributed by atoms with van der Waals surface area (Å²) in [4.78, 5) is 36.4. The number of anilines is 1. The second kappa shape index (κ2) is 9.58. The molecule has 0 unspecified atom stereocenters. The summed E-state index contributed by atoms with van der Waals surface area (Å²) in [5, 5.41) is 5.08. The summed E-state index contributed by atoms with van der Waals surface area (Å²) in [7, 11) is 0. The number of piperidine rings is 1. The van der Waals surface area contributed by atoms with Crippen LogP contribution in [0.1, 0.15) is 24.8 Å². The van der Waals surface area contributed by atoms with Crippen LogP contribution in [0.25, 0.3) is 21.7 Å². The molecule has 0 saturated carbocycles. The molecule has 0 bridgehead atoms. The lowest BCUT2D eigenvalue weighted by molar-refractivity contribution is -0.134. The summed E-state index contributed by atoms with van der Waals surface area (Å²) in [6, 6.07) is 19.9. The monoisotopic (exact) mass is 458 g/mol. The average molecular weight is 459 g/mol. The molecule has 1 aliphatic heterocycles. The van der Waals surface area contributed by atoms with E-state index in [1.807, 2.05) is 70.9 Å². The lowest BCUT2D eigenvalue weighted by atomic mass is 9.95. The highest BCUT2D eigenvalue weighted by molar-refractivity contribution is 7.13. The Balaban J connectivity index is 1.14. The predicted octanol–water partition coefficient (Wildman–Crippen LogP) is 5.10. The summed E-state index contributed by atoms with van der Waals surface area (Å²) in [5.41, 5.74) is 3.71. The van der Waals surface area contributed by atoms with Gasteiger partial charge < -0.3 is 15.2 Å². The fourth-order valence-corrected chi connectivity index (χ4v) is 4.98. The van der Waals surface area contributed by atoms with Gasteiger partial charge in [0.05, 0.1) is 15.9 Å². The highest BCUT2D eigenvalue weighted by Crippen LogP contribution is 2.27. The molecule has 7 heteroatoms. The first kappa shape index (κ1) is 21.4. The number of rotatable bonds is 6. The molecule has 2 aromatic heterocycles. The zero-order valence-electron chi connectivity index (χ0n) is 18.3. The lowest BCUT2D eigenvalue weighted by Gasteiger charge is -2.31. The second-order valence-corrected chi connectivity index (χ2v) is 9.37. The number of aryl methyl sites for hydroxylation is 1. The van der Waals surface area contributed by atoms with Crippen LogP contribution in [0.2, 0.25) is 0 Å². The predicted molar refractivity (Wildman–Crippen MR) is 132 cm³/mol. The summed E-state index contributed by atoms with van der Waals surface area (Å²) in [5.74, 6) is 0.947. The van der Waals surface area contributed by atoms with E-state index in [9.17, 15) is 9.59 Å². The molecular formula is C26H26N4O2S. The first-order valence-corrected chi connectivity index (χ1v) is 12.2. The van der Waals surface area contributed by atoms with Gasteiger partial charge in [-0.1, -0.05) is 36.4 Å². The first-order valence-electron chi connectivity index (χ1n) is 11.3. The van der Waals surface area contributed by atoms with E-state index in [-0.39, 0.29) is 17.7 Å². The SMILES string of the molecule is O=C(Nc1ccc2nc(-c3cccs3)[nH]c2c1)C1CCN(C(=O)CCc2ccccc2)CC1. The van der Waals surface area contributed by atoms with Crippen LogP contribution in [0.5, 0.6) is 0 Å². The highest BCUT2D eigenvalue weighted by atomic mass is 32.1.